The molecule has 19 heavy (non-hydrogen) atoms. The first-order valence-corrected chi connectivity index (χ1v) is 7.69. The number of hydrogen-bond acceptors (Lipinski definition) is 3. The number of hydrogen-bond donors (Lipinski definition) is 1. The van der Waals surface area contributed by atoms with Gasteiger partial charge < -0.3 is 5.32 Å². The highest BCUT2D eigenvalue weighted by Gasteiger charge is 2.43. The zero-order chi connectivity index (χ0) is 14.4. The van der Waals surface area contributed by atoms with Crippen molar-refractivity contribution in [1.82, 2.24) is 10.2 Å². The topological polar surface area (TPSA) is 32.3 Å². The lowest BCUT2D eigenvalue weighted by atomic mass is 9.77. The zero-order valence-corrected chi connectivity index (χ0v) is 13.4. The summed E-state index contributed by atoms with van der Waals surface area (Å²) < 4.78 is 0. The highest BCUT2D eigenvalue weighted by atomic mass is 16.1. The summed E-state index contributed by atoms with van der Waals surface area (Å²) in [5, 5.41) is 3.74. The fourth-order valence-electron chi connectivity index (χ4n) is 4.24. The number of carbonyl (C=O) groups is 1. The van der Waals surface area contributed by atoms with E-state index in [4.69, 9.17) is 0 Å². The fourth-order valence-corrected chi connectivity index (χ4v) is 4.24. The molecule has 110 valence electrons. The Balaban J connectivity index is 2.15. The molecular formula is C16H30N2O. The molecule has 0 aromatic carbocycles. The smallest absolute Gasteiger partial charge is 0.138 e. The summed E-state index contributed by atoms with van der Waals surface area (Å²) in [7, 11) is 0. The van der Waals surface area contributed by atoms with Crippen LogP contribution >= 0.6 is 0 Å². The lowest BCUT2D eigenvalue weighted by molar-refractivity contribution is -0.129. The summed E-state index contributed by atoms with van der Waals surface area (Å²) >= 11 is 0. The summed E-state index contributed by atoms with van der Waals surface area (Å²) in [6.45, 7) is 14.4. The summed E-state index contributed by atoms with van der Waals surface area (Å²) in [4.78, 5) is 14.4. The standard InChI is InChI=1S/C16H30N2O/c1-11-12(2)18(8-7-14(11)19)13-9-15(3,4)17-16(5,6)10-13/h11-13,17H,7-10H2,1-6H3. The SMILES string of the molecule is CC1C(=O)CCN(C2CC(C)(C)NC(C)(C)C2)C1C. The number of carbonyl (C=O) groups excluding carboxylic acids is 1. The second kappa shape index (κ2) is 4.85. The molecule has 2 saturated heterocycles. The molecule has 2 unspecified atom stereocenters. The van der Waals surface area contributed by atoms with Gasteiger partial charge in [0.05, 0.1) is 0 Å². The molecule has 0 saturated carbocycles. The minimum Gasteiger partial charge on any atom is -0.307 e. The average Bonchev–Trinajstić information content (AvgIpc) is 2.21. The third kappa shape index (κ3) is 3.19. The van der Waals surface area contributed by atoms with Crippen LogP contribution in [0.15, 0.2) is 0 Å². The van der Waals surface area contributed by atoms with E-state index in [1.54, 1.807) is 0 Å². The first-order chi connectivity index (χ1) is 8.61. The van der Waals surface area contributed by atoms with Crippen molar-refractivity contribution in [1.29, 1.82) is 0 Å². The van der Waals surface area contributed by atoms with Crippen molar-refractivity contribution in [2.24, 2.45) is 5.92 Å². The lowest BCUT2D eigenvalue weighted by Crippen LogP contribution is -2.64. The Hall–Kier alpha value is -0.410. The Morgan fingerprint density at radius 2 is 1.63 bits per heavy atom. The van der Waals surface area contributed by atoms with Crippen LogP contribution in [-0.4, -0.2) is 40.4 Å². The average molecular weight is 266 g/mol. The van der Waals surface area contributed by atoms with Crippen LogP contribution in [0.5, 0.6) is 0 Å². The predicted molar refractivity (Wildman–Crippen MR) is 79.3 cm³/mol. The van der Waals surface area contributed by atoms with Crippen molar-refractivity contribution in [2.45, 2.75) is 84.0 Å². The van der Waals surface area contributed by atoms with E-state index in [9.17, 15) is 4.79 Å². The molecule has 2 aliphatic heterocycles. The van der Waals surface area contributed by atoms with Crippen LogP contribution in [0, 0.1) is 5.92 Å². The molecule has 2 rings (SSSR count). The highest BCUT2D eigenvalue weighted by Crippen LogP contribution is 2.35. The van der Waals surface area contributed by atoms with Crippen molar-refractivity contribution in [2.75, 3.05) is 6.54 Å². The highest BCUT2D eigenvalue weighted by molar-refractivity contribution is 5.82. The minimum atomic E-state index is 0.177. The number of piperidine rings is 2. The van der Waals surface area contributed by atoms with Gasteiger partial charge in [0.1, 0.15) is 5.78 Å². The van der Waals surface area contributed by atoms with Gasteiger partial charge >= 0.3 is 0 Å². The van der Waals surface area contributed by atoms with Crippen molar-refractivity contribution >= 4 is 5.78 Å². The van der Waals surface area contributed by atoms with Crippen LogP contribution < -0.4 is 5.32 Å². The first-order valence-electron chi connectivity index (χ1n) is 7.69. The number of rotatable bonds is 1. The van der Waals surface area contributed by atoms with E-state index in [1.165, 1.54) is 12.8 Å². The molecule has 0 spiro atoms. The molecule has 0 aliphatic carbocycles. The maximum atomic E-state index is 11.8. The molecule has 0 bridgehead atoms. The van der Waals surface area contributed by atoms with E-state index in [0.29, 0.717) is 17.9 Å². The summed E-state index contributed by atoms with van der Waals surface area (Å²) in [5.74, 6) is 0.631. The zero-order valence-electron chi connectivity index (χ0n) is 13.4. The molecule has 2 fully saturated rings. The number of nitrogens with one attached hydrogen (secondary N) is 1. The van der Waals surface area contributed by atoms with Gasteiger partial charge in [-0.25, -0.2) is 0 Å². The predicted octanol–water partition coefficient (Wildman–Crippen LogP) is 2.60. The Morgan fingerprint density at radius 1 is 1.11 bits per heavy atom. The van der Waals surface area contributed by atoms with E-state index in [2.05, 4.69) is 51.8 Å². The van der Waals surface area contributed by atoms with Crippen molar-refractivity contribution < 1.29 is 4.79 Å². The molecule has 3 nitrogen and oxygen atoms in total. The molecule has 0 radical (unpaired) electrons. The molecule has 0 aromatic heterocycles. The maximum absolute atomic E-state index is 11.8. The second-order valence-corrected chi connectivity index (χ2v) is 7.94. The Morgan fingerprint density at radius 3 is 2.16 bits per heavy atom. The number of Topliss-reactive ketones (excluding diaryl/α,β-unsaturated/α-hetero) is 1. The molecule has 1 N–H and O–H groups in total. The molecular weight excluding hydrogens is 236 g/mol. The Bertz CT molecular complexity index is 346. The third-order valence-corrected chi connectivity index (χ3v) is 5.01. The summed E-state index contributed by atoms with van der Waals surface area (Å²) in [6.07, 6.45) is 3.07. The second-order valence-electron chi connectivity index (χ2n) is 7.94. The van der Waals surface area contributed by atoms with E-state index in [1.807, 2.05) is 0 Å². The normalized spacial score (nSPS) is 36.4. The molecule has 3 heteroatoms. The van der Waals surface area contributed by atoms with Crippen molar-refractivity contribution in [3.8, 4) is 0 Å². The fraction of sp³-hybridized carbons (Fsp3) is 0.938. The molecule has 2 atom stereocenters. The maximum Gasteiger partial charge on any atom is 0.138 e. The number of likely N-dealkylation sites (tertiary alicyclic amines) is 1. The van der Waals surface area contributed by atoms with Gasteiger partial charge in [-0.05, 0) is 47.5 Å². The molecule has 2 heterocycles. The number of nitrogens with zero attached hydrogens (tertiary/aromatic N) is 1. The van der Waals surface area contributed by atoms with Crippen LogP contribution in [0.25, 0.3) is 0 Å². The summed E-state index contributed by atoms with van der Waals surface area (Å²) in [5.41, 5.74) is 0.355. The lowest BCUT2D eigenvalue weighted by Gasteiger charge is -2.52. The van der Waals surface area contributed by atoms with Gasteiger partial charge in [0.15, 0.2) is 0 Å². The minimum absolute atomic E-state index is 0.177. The van der Waals surface area contributed by atoms with Gasteiger partial charge in [0.2, 0.25) is 0 Å². The van der Waals surface area contributed by atoms with Crippen LogP contribution in [0.4, 0.5) is 0 Å². The van der Waals surface area contributed by atoms with Gasteiger partial charge in [0.25, 0.3) is 0 Å². The number of ketones is 1. The monoisotopic (exact) mass is 266 g/mol. The van der Waals surface area contributed by atoms with Crippen LogP contribution in [0.3, 0.4) is 0 Å². The Labute approximate surface area is 118 Å². The van der Waals surface area contributed by atoms with E-state index in [-0.39, 0.29) is 17.0 Å². The quantitative estimate of drug-likeness (QED) is 0.792. The molecule has 0 amide bonds. The van der Waals surface area contributed by atoms with Gasteiger partial charge in [-0.3, -0.25) is 9.69 Å². The molecule has 2 aliphatic rings. The van der Waals surface area contributed by atoms with Gasteiger partial charge in [-0.15, -0.1) is 0 Å². The Kier molecular flexibility index (Phi) is 3.83. The third-order valence-electron chi connectivity index (χ3n) is 5.01. The largest absolute Gasteiger partial charge is 0.307 e. The first kappa shape index (κ1) is 15.0. The van der Waals surface area contributed by atoms with Gasteiger partial charge in [0, 0.05) is 42.0 Å². The van der Waals surface area contributed by atoms with Crippen molar-refractivity contribution in [3.05, 3.63) is 0 Å². The van der Waals surface area contributed by atoms with Crippen molar-refractivity contribution in [3.63, 3.8) is 0 Å². The van der Waals surface area contributed by atoms with Gasteiger partial charge in [-0.1, -0.05) is 6.92 Å². The molecule has 0 aromatic rings. The van der Waals surface area contributed by atoms with Crippen LogP contribution in [0.2, 0.25) is 0 Å². The van der Waals surface area contributed by atoms with E-state index >= 15 is 0 Å². The summed E-state index contributed by atoms with van der Waals surface area (Å²) in [6, 6.07) is 0.979. The van der Waals surface area contributed by atoms with Crippen LogP contribution in [-0.2, 0) is 4.79 Å². The van der Waals surface area contributed by atoms with Crippen LogP contribution in [0.1, 0.15) is 60.8 Å². The van der Waals surface area contributed by atoms with E-state index in [0.717, 1.165) is 13.0 Å². The van der Waals surface area contributed by atoms with E-state index < -0.39 is 0 Å². The van der Waals surface area contributed by atoms with Gasteiger partial charge in [-0.2, -0.15) is 0 Å².